The lowest BCUT2D eigenvalue weighted by molar-refractivity contribution is -0.136. The number of furan rings is 1. The molecule has 0 unspecified atom stereocenters. The molecule has 9 nitrogen and oxygen atoms in total. The normalized spacial score (nSPS) is 10.8. The van der Waals surface area contributed by atoms with Gasteiger partial charge in [0.05, 0.1) is 19.0 Å². The van der Waals surface area contributed by atoms with Crippen molar-refractivity contribution in [1.29, 1.82) is 0 Å². The highest BCUT2D eigenvalue weighted by Gasteiger charge is 2.13. The number of benzene rings is 2. The average Bonchev–Trinajstić information content (AvgIpc) is 3.36. The molecule has 0 aliphatic rings. The Hall–Kier alpha value is -4.40. The first kappa shape index (κ1) is 24.2. The molecule has 3 N–H and O–H groups in total. The lowest BCUT2D eigenvalue weighted by Crippen LogP contribution is -2.32. The van der Waals surface area contributed by atoms with E-state index in [1.807, 2.05) is 12.1 Å². The van der Waals surface area contributed by atoms with Gasteiger partial charge in [0.15, 0.2) is 6.61 Å². The zero-order valence-electron chi connectivity index (χ0n) is 18.9. The molecule has 0 aliphatic carbocycles. The molecule has 2 aromatic carbocycles. The van der Waals surface area contributed by atoms with Crippen molar-refractivity contribution in [2.24, 2.45) is 5.10 Å². The number of hydrogen-bond donors (Lipinski definition) is 3. The molecule has 0 aliphatic heterocycles. The second kappa shape index (κ2) is 12.0. The minimum absolute atomic E-state index is 0.139. The number of nitrogens with zero attached hydrogens (tertiary/aromatic N) is 1. The highest BCUT2D eigenvalue weighted by molar-refractivity contribution is 6.39. The Labute approximate surface area is 197 Å². The fourth-order valence-corrected chi connectivity index (χ4v) is 2.80. The number of hydrazone groups is 1. The van der Waals surface area contributed by atoms with E-state index < -0.39 is 11.8 Å². The van der Waals surface area contributed by atoms with Gasteiger partial charge in [0.2, 0.25) is 0 Å². The van der Waals surface area contributed by atoms with Crippen molar-refractivity contribution < 1.29 is 23.5 Å². The van der Waals surface area contributed by atoms with Crippen molar-refractivity contribution >= 4 is 29.6 Å². The molecule has 0 bridgehead atoms. The predicted molar refractivity (Wildman–Crippen MR) is 127 cm³/mol. The van der Waals surface area contributed by atoms with Crippen LogP contribution in [0.3, 0.4) is 0 Å². The number of nitrogens with one attached hydrogen (secondary N) is 3. The average molecular weight is 463 g/mol. The maximum Gasteiger partial charge on any atom is 0.329 e. The highest BCUT2D eigenvalue weighted by atomic mass is 16.5. The van der Waals surface area contributed by atoms with Gasteiger partial charge in [-0.1, -0.05) is 26.0 Å². The van der Waals surface area contributed by atoms with Crippen molar-refractivity contribution in [2.45, 2.75) is 26.3 Å². The standard InChI is InChI=1S/C25H26N4O5/c1-17(2)19-7-9-20(10-8-19)28-24(31)25(32)29-27-14-18-5-11-21(12-6-18)34-16-23(30)26-15-22-4-3-13-33-22/h3-14,17H,15-16H2,1-2H3,(H,26,30)(H,28,31)(H,29,32)/b27-14-. The third kappa shape index (κ3) is 7.63. The third-order valence-electron chi connectivity index (χ3n) is 4.71. The van der Waals surface area contributed by atoms with E-state index >= 15 is 0 Å². The first-order valence-electron chi connectivity index (χ1n) is 10.7. The molecular weight excluding hydrogens is 436 g/mol. The molecule has 0 atom stereocenters. The summed E-state index contributed by atoms with van der Waals surface area (Å²) in [6.45, 7) is 4.30. The van der Waals surface area contributed by atoms with E-state index in [9.17, 15) is 14.4 Å². The number of anilines is 1. The van der Waals surface area contributed by atoms with Crippen LogP contribution < -0.4 is 20.8 Å². The van der Waals surface area contributed by atoms with Crippen LogP contribution in [0.4, 0.5) is 5.69 Å². The Bertz CT molecular complexity index is 1120. The number of hydrogen-bond acceptors (Lipinski definition) is 6. The fraction of sp³-hybridized carbons (Fsp3) is 0.200. The zero-order valence-corrected chi connectivity index (χ0v) is 18.9. The van der Waals surface area contributed by atoms with Crippen LogP contribution in [0.5, 0.6) is 5.75 Å². The van der Waals surface area contributed by atoms with E-state index in [0.29, 0.717) is 35.2 Å². The molecule has 0 spiro atoms. The van der Waals surface area contributed by atoms with Gasteiger partial charge in [-0.25, -0.2) is 5.43 Å². The van der Waals surface area contributed by atoms with Crippen molar-refractivity contribution in [3.05, 3.63) is 83.8 Å². The molecule has 1 heterocycles. The molecule has 1 aromatic heterocycles. The number of carbonyl (C=O) groups excluding carboxylic acids is 3. The van der Waals surface area contributed by atoms with E-state index in [1.165, 1.54) is 12.5 Å². The van der Waals surface area contributed by atoms with Crippen LogP contribution in [-0.4, -0.2) is 30.5 Å². The molecule has 0 fully saturated rings. The Morgan fingerprint density at radius 3 is 2.38 bits per heavy atom. The monoisotopic (exact) mass is 462 g/mol. The molecule has 0 radical (unpaired) electrons. The van der Waals surface area contributed by atoms with Crippen LogP contribution in [0.15, 0.2) is 76.4 Å². The van der Waals surface area contributed by atoms with Crippen LogP contribution in [0.2, 0.25) is 0 Å². The maximum absolute atomic E-state index is 12.0. The zero-order chi connectivity index (χ0) is 24.3. The minimum atomic E-state index is -0.885. The summed E-state index contributed by atoms with van der Waals surface area (Å²) in [4.78, 5) is 35.8. The summed E-state index contributed by atoms with van der Waals surface area (Å²) >= 11 is 0. The minimum Gasteiger partial charge on any atom is -0.484 e. The lowest BCUT2D eigenvalue weighted by atomic mass is 10.0. The smallest absolute Gasteiger partial charge is 0.329 e. The second-order valence-corrected chi connectivity index (χ2v) is 7.64. The number of carbonyl (C=O) groups is 3. The summed E-state index contributed by atoms with van der Waals surface area (Å²) in [6.07, 6.45) is 2.93. The van der Waals surface area contributed by atoms with Crippen LogP contribution in [0.1, 0.15) is 36.7 Å². The first-order valence-corrected chi connectivity index (χ1v) is 10.7. The van der Waals surface area contributed by atoms with Gasteiger partial charge in [-0.2, -0.15) is 5.10 Å². The van der Waals surface area contributed by atoms with Gasteiger partial charge in [-0.05, 0) is 65.6 Å². The van der Waals surface area contributed by atoms with Crippen molar-refractivity contribution in [3.8, 4) is 5.75 Å². The molecule has 0 saturated heterocycles. The molecule has 3 rings (SSSR count). The fourth-order valence-electron chi connectivity index (χ4n) is 2.80. The number of amides is 3. The first-order chi connectivity index (χ1) is 16.4. The predicted octanol–water partition coefficient (Wildman–Crippen LogP) is 3.19. The summed E-state index contributed by atoms with van der Waals surface area (Å²) in [5.41, 5.74) is 4.52. The topological polar surface area (TPSA) is 122 Å². The molecular formula is C25H26N4O5. The van der Waals surface area contributed by atoms with Crippen LogP contribution >= 0.6 is 0 Å². The van der Waals surface area contributed by atoms with E-state index in [1.54, 1.807) is 48.5 Å². The Balaban J connectivity index is 1.39. The Morgan fingerprint density at radius 1 is 1.00 bits per heavy atom. The van der Waals surface area contributed by atoms with Gasteiger partial charge in [-0.15, -0.1) is 0 Å². The quantitative estimate of drug-likeness (QED) is 0.256. The van der Waals surface area contributed by atoms with Crippen molar-refractivity contribution in [1.82, 2.24) is 10.7 Å². The number of ether oxygens (including phenoxy) is 1. The van der Waals surface area contributed by atoms with E-state index in [4.69, 9.17) is 9.15 Å². The van der Waals surface area contributed by atoms with Crippen molar-refractivity contribution in [2.75, 3.05) is 11.9 Å². The second-order valence-electron chi connectivity index (χ2n) is 7.64. The Kier molecular flexibility index (Phi) is 8.56. The van der Waals surface area contributed by atoms with Gasteiger partial charge in [0, 0.05) is 5.69 Å². The van der Waals surface area contributed by atoms with Gasteiger partial charge in [-0.3, -0.25) is 14.4 Å². The third-order valence-corrected chi connectivity index (χ3v) is 4.71. The van der Waals surface area contributed by atoms with E-state index in [2.05, 4.69) is 35.0 Å². The number of rotatable bonds is 9. The van der Waals surface area contributed by atoms with Crippen LogP contribution in [0.25, 0.3) is 0 Å². The summed E-state index contributed by atoms with van der Waals surface area (Å²) in [6, 6.07) is 17.5. The van der Waals surface area contributed by atoms with E-state index in [-0.39, 0.29) is 12.5 Å². The van der Waals surface area contributed by atoms with Crippen molar-refractivity contribution in [3.63, 3.8) is 0 Å². The Morgan fingerprint density at radius 2 is 1.74 bits per heavy atom. The molecule has 0 saturated carbocycles. The maximum atomic E-state index is 12.0. The van der Waals surface area contributed by atoms with Gasteiger partial charge >= 0.3 is 11.8 Å². The van der Waals surface area contributed by atoms with Gasteiger partial charge in [0.1, 0.15) is 11.5 Å². The van der Waals surface area contributed by atoms with Crippen LogP contribution in [0, 0.1) is 0 Å². The van der Waals surface area contributed by atoms with Crippen LogP contribution in [-0.2, 0) is 20.9 Å². The highest BCUT2D eigenvalue weighted by Crippen LogP contribution is 2.17. The van der Waals surface area contributed by atoms with Gasteiger partial charge in [0.25, 0.3) is 5.91 Å². The summed E-state index contributed by atoms with van der Waals surface area (Å²) < 4.78 is 10.6. The molecule has 176 valence electrons. The van der Waals surface area contributed by atoms with Gasteiger partial charge < -0.3 is 19.8 Å². The summed E-state index contributed by atoms with van der Waals surface area (Å²) in [5.74, 6) is -0.452. The molecule has 3 amide bonds. The SMILES string of the molecule is CC(C)c1ccc(NC(=O)C(=O)N/N=C\c2ccc(OCC(=O)NCc3ccco3)cc2)cc1. The summed E-state index contributed by atoms with van der Waals surface area (Å²) in [5, 5.41) is 9.00. The summed E-state index contributed by atoms with van der Waals surface area (Å²) in [7, 11) is 0. The molecule has 9 heteroatoms. The molecule has 34 heavy (non-hydrogen) atoms. The van der Waals surface area contributed by atoms with E-state index in [0.717, 1.165) is 5.56 Å². The lowest BCUT2D eigenvalue weighted by Gasteiger charge is -2.08. The largest absolute Gasteiger partial charge is 0.484 e. The molecule has 3 aromatic rings.